The second kappa shape index (κ2) is 11.9. The Morgan fingerprint density at radius 2 is 1.54 bits per heavy atom. The third kappa shape index (κ3) is 6.21. The fourth-order valence-corrected chi connectivity index (χ4v) is 5.33. The molecule has 7 nitrogen and oxygen atoms in total. The van der Waals surface area contributed by atoms with E-state index in [1.807, 2.05) is 24.3 Å². The molecule has 0 bridgehead atoms. The van der Waals surface area contributed by atoms with E-state index in [-0.39, 0.29) is 36.8 Å². The number of hydrogen-bond donors (Lipinski definition) is 3. The summed E-state index contributed by atoms with van der Waals surface area (Å²) < 4.78 is 5.69. The quantitative estimate of drug-likeness (QED) is 0.424. The summed E-state index contributed by atoms with van der Waals surface area (Å²) in [6.07, 6.45) is 5.20. The highest BCUT2D eigenvalue weighted by Gasteiger charge is 2.33. The van der Waals surface area contributed by atoms with Crippen molar-refractivity contribution in [1.29, 1.82) is 0 Å². The maximum absolute atomic E-state index is 12.8. The Balaban J connectivity index is 1.28. The van der Waals surface area contributed by atoms with Crippen molar-refractivity contribution in [3.63, 3.8) is 0 Å². The van der Waals surface area contributed by atoms with E-state index in [1.165, 1.54) is 22.3 Å². The molecule has 0 aliphatic heterocycles. The third-order valence-corrected chi connectivity index (χ3v) is 7.12. The predicted molar refractivity (Wildman–Crippen MR) is 133 cm³/mol. The van der Waals surface area contributed by atoms with Crippen molar-refractivity contribution in [3.8, 4) is 11.1 Å². The first-order valence-electron chi connectivity index (χ1n) is 12.7. The fourth-order valence-electron chi connectivity index (χ4n) is 5.33. The number of aliphatic carboxylic acids is 1. The number of amides is 2. The van der Waals surface area contributed by atoms with Crippen molar-refractivity contribution >= 4 is 18.0 Å². The average Bonchev–Trinajstić information content (AvgIpc) is 3.18. The number of carbonyl (C=O) groups is 3. The Morgan fingerprint density at radius 1 is 0.886 bits per heavy atom. The van der Waals surface area contributed by atoms with E-state index >= 15 is 0 Å². The zero-order chi connectivity index (χ0) is 24.6. The summed E-state index contributed by atoms with van der Waals surface area (Å²) in [5.74, 6) is -1.12. The Labute approximate surface area is 206 Å². The predicted octanol–water partition coefficient (Wildman–Crippen LogP) is 4.85. The van der Waals surface area contributed by atoms with Gasteiger partial charge in [-0.3, -0.25) is 9.59 Å². The van der Waals surface area contributed by atoms with Crippen molar-refractivity contribution in [3.05, 3.63) is 59.7 Å². The first-order valence-corrected chi connectivity index (χ1v) is 12.7. The Bertz CT molecular complexity index is 1010. The molecule has 2 aliphatic rings. The zero-order valence-electron chi connectivity index (χ0n) is 20.0. The molecule has 2 atom stereocenters. The molecular formula is C28H34N2O5. The number of benzene rings is 2. The minimum Gasteiger partial charge on any atom is -0.481 e. The Hall–Kier alpha value is -3.35. The van der Waals surface area contributed by atoms with Crippen LogP contribution in [0, 0.1) is 5.92 Å². The van der Waals surface area contributed by atoms with Gasteiger partial charge in [0.15, 0.2) is 0 Å². The molecule has 2 aromatic carbocycles. The summed E-state index contributed by atoms with van der Waals surface area (Å²) in [4.78, 5) is 36.1. The molecule has 0 unspecified atom stereocenters. The lowest BCUT2D eigenvalue weighted by atomic mass is 9.84. The molecule has 2 aliphatic carbocycles. The maximum Gasteiger partial charge on any atom is 0.407 e. The van der Waals surface area contributed by atoms with Crippen LogP contribution < -0.4 is 10.6 Å². The van der Waals surface area contributed by atoms with Crippen LogP contribution in [0.15, 0.2) is 48.5 Å². The van der Waals surface area contributed by atoms with E-state index in [0.29, 0.717) is 13.0 Å². The topological polar surface area (TPSA) is 105 Å². The molecule has 0 radical (unpaired) electrons. The zero-order valence-corrected chi connectivity index (χ0v) is 20.0. The van der Waals surface area contributed by atoms with E-state index in [0.717, 1.165) is 38.5 Å². The van der Waals surface area contributed by atoms with Crippen LogP contribution in [0.2, 0.25) is 0 Å². The summed E-state index contributed by atoms with van der Waals surface area (Å²) >= 11 is 0. The van der Waals surface area contributed by atoms with Crippen LogP contribution in [0.3, 0.4) is 0 Å². The lowest BCUT2D eigenvalue weighted by molar-refractivity contribution is -0.137. The summed E-state index contributed by atoms with van der Waals surface area (Å²) in [5.41, 5.74) is 4.70. The fraction of sp³-hybridized carbons (Fsp3) is 0.464. The van der Waals surface area contributed by atoms with Gasteiger partial charge < -0.3 is 20.5 Å². The molecule has 1 saturated carbocycles. The van der Waals surface area contributed by atoms with Gasteiger partial charge in [0.05, 0.1) is 5.92 Å². The molecule has 1 fully saturated rings. The molecule has 2 aromatic rings. The highest BCUT2D eigenvalue weighted by atomic mass is 16.5. The summed E-state index contributed by atoms with van der Waals surface area (Å²) in [6.45, 7) is 0.770. The van der Waals surface area contributed by atoms with Gasteiger partial charge in [-0.05, 0) is 47.9 Å². The minimum absolute atomic E-state index is 0.000251. The molecule has 0 saturated heterocycles. The van der Waals surface area contributed by atoms with Crippen molar-refractivity contribution in [2.45, 2.75) is 63.3 Å². The van der Waals surface area contributed by atoms with Gasteiger partial charge in [-0.25, -0.2) is 4.79 Å². The van der Waals surface area contributed by atoms with Crippen LogP contribution in [0.4, 0.5) is 4.79 Å². The smallest absolute Gasteiger partial charge is 0.407 e. The summed E-state index contributed by atoms with van der Waals surface area (Å²) in [5, 5.41) is 14.6. The van der Waals surface area contributed by atoms with Gasteiger partial charge in [0.1, 0.15) is 6.61 Å². The van der Waals surface area contributed by atoms with E-state index in [2.05, 4.69) is 34.9 Å². The average molecular weight is 479 g/mol. The van der Waals surface area contributed by atoms with Crippen LogP contribution in [0.5, 0.6) is 0 Å². The first-order chi connectivity index (χ1) is 17.0. The number of alkyl carbamates (subject to hydrolysis) is 1. The molecule has 7 heteroatoms. The standard InChI is InChI=1S/C28H34N2O5/c31-26(32)16-2-1-9-17-29-27(33)23-14-7-8-15-25(23)30-28(34)35-18-24-21-12-5-3-10-19(21)20-11-4-6-13-22(20)24/h3-6,10-13,23-25H,1-2,7-9,14-18H2,(H,29,33)(H,30,34)(H,31,32)/t23-,25+/m0/s1. The highest BCUT2D eigenvalue weighted by Crippen LogP contribution is 2.44. The second-order valence-electron chi connectivity index (χ2n) is 9.46. The Kier molecular flexibility index (Phi) is 8.40. The van der Waals surface area contributed by atoms with Gasteiger partial charge in [-0.1, -0.05) is 67.8 Å². The lowest BCUT2D eigenvalue weighted by Gasteiger charge is -2.31. The van der Waals surface area contributed by atoms with E-state index in [9.17, 15) is 14.4 Å². The maximum atomic E-state index is 12.8. The molecule has 2 amide bonds. The number of carbonyl (C=O) groups excluding carboxylic acids is 2. The number of carboxylic acid groups (broad SMARTS) is 1. The van der Waals surface area contributed by atoms with Crippen LogP contribution in [-0.2, 0) is 14.3 Å². The van der Waals surface area contributed by atoms with Gasteiger partial charge >= 0.3 is 12.1 Å². The molecule has 3 N–H and O–H groups in total. The first kappa shape index (κ1) is 24.8. The number of ether oxygens (including phenoxy) is 1. The molecule has 186 valence electrons. The van der Waals surface area contributed by atoms with Crippen molar-refractivity contribution in [1.82, 2.24) is 10.6 Å². The number of fused-ring (bicyclic) bond motifs is 3. The number of hydrogen-bond acceptors (Lipinski definition) is 4. The van der Waals surface area contributed by atoms with E-state index < -0.39 is 12.1 Å². The highest BCUT2D eigenvalue weighted by molar-refractivity contribution is 5.81. The SMILES string of the molecule is O=C(O)CCCCCNC(=O)[C@H]1CCCC[C@H]1NC(=O)OCC1c2ccccc2-c2ccccc21. The third-order valence-electron chi connectivity index (χ3n) is 7.12. The van der Waals surface area contributed by atoms with Crippen molar-refractivity contribution in [2.24, 2.45) is 5.92 Å². The van der Waals surface area contributed by atoms with Gasteiger partial charge in [0.25, 0.3) is 0 Å². The summed E-state index contributed by atoms with van der Waals surface area (Å²) in [6, 6.07) is 16.2. The van der Waals surface area contributed by atoms with Gasteiger partial charge in [0.2, 0.25) is 5.91 Å². The molecule has 35 heavy (non-hydrogen) atoms. The number of carboxylic acids is 1. The van der Waals surface area contributed by atoms with Gasteiger partial charge in [-0.2, -0.15) is 0 Å². The van der Waals surface area contributed by atoms with Crippen LogP contribution in [0.25, 0.3) is 11.1 Å². The largest absolute Gasteiger partial charge is 0.481 e. The van der Waals surface area contributed by atoms with Crippen LogP contribution >= 0.6 is 0 Å². The molecule has 0 spiro atoms. The second-order valence-corrected chi connectivity index (χ2v) is 9.46. The van der Waals surface area contributed by atoms with Crippen molar-refractivity contribution < 1.29 is 24.2 Å². The Morgan fingerprint density at radius 3 is 2.23 bits per heavy atom. The lowest BCUT2D eigenvalue weighted by Crippen LogP contribution is -2.48. The molecule has 0 aromatic heterocycles. The normalized spacial score (nSPS) is 18.9. The van der Waals surface area contributed by atoms with Gasteiger partial charge in [0, 0.05) is 24.9 Å². The van der Waals surface area contributed by atoms with Crippen molar-refractivity contribution in [2.75, 3.05) is 13.2 Å². The summed E-state index contributed by atoms with van der Waals surface area (Å²) in [7, 11) is 0. The minimum atomic E-state index is -0.793. The monoisotopic (exact) mass is 478 g/mol. The van der Waals surface area contributed by atoms with E-state index in [4.69, 9.17) is 9.84 Å². The number of nitrogens with one attached hydrogen (secondary N) is 2. The number of unbranched alkanes of at least 4 members (excludes halogenated alkanes) is 2. The molecule has 0 heterocycles. The molecule has 4 rings (SSSR count). The van der Waals surface area contributed by atoms with Gasteiger partial charge in [-0.15, -0.1) is 0 Å². The number of rotatable bonds is 10. The van der Waals surface area contributed by atoms with E-state index in [1.54, 1.807) is 0 Å². The molecular weight excluding hydrogens is 444 g/mol. The van der Waals surface area contributed by atoms with Crippen LogP contribution in [0.1, 0.15) is 68.4 Å². The van der Waals surface area contributed by atoms with Crippen LogP contribution in [-0.4, -0.2) is 42.3 Å².